The average molecular weight is 205 g/mol. The molecule has 1 aromatic rings. The molecular weight excluding hydrogens is 186 g/mol. The van der Waals surface area contributed by atoms with Crippen LogP contribution >= 0.6 is 0 Å². The molecule has 1 fully saturated rings. The lowest BCUT2D eigenvalue weighted by atomic mass is 10.0. The molecule has 0 saturated carbocycles. The molecule has 1 atom stereocenters. The topological polar surface area (TPSA) is 12.5 Å². The SMILES string of the molecule is COCC1CCCCN1c1ccccc1. The number of anilines is 1. The van der Waals surface area contributed by atoms with E-state index in [0.717, 1.165) is 13.2 Å². The summed E-state index contributed by atoms with van der Waals surface area (Å²) in [5.74, 6) is 0. The highest BCUT2D eigenvalue weighted by atomic mass is 16.5. The van der Waals surface area contributed by atoms with Crippen LogP contribution in [0, 0.1) is 0 Å². The molecule has 2 heteroatoms. The van der Waals surface area contributed by atoms with Crippen LogP contribution in [0.15, 0.2) is 30.3 Å². The molecule has 0 aliphatic carbocycles. The largest absolute Gasteiger partial charge is 0.383 e. The van der Waals surface area contributed by atoms with E-state index in [0.29, 0.717) is 6.04 Å². The Bertz CT molecular complexity index is 284. The first-order valence-corrected chi connectivity index (χ1v) is 5.72. The molecule has 0 amide bonds. The highest BCUT2D eigenvalue weighted by Gasteiger charge is 2.21. The first kappa shape index (κ1) is 10.5. The lowest BCUT2D eigenvalue weighted by molar-refractivity contribution is 0.166. The van der Waals surface area contributed by atoms with Crippen molar-refractivity contribution in [3.8, 4) is 0 Å². The summed E-state index contributed by atoms with van der Waals surface area (Å²) in [4.78, 5) is 2.48. The molecule has 0 N–H and O–H groups in total. The molecule has 2 rings (SSSR count). The maximum Gasteiger partial charge on any atom is 0.0666 e. The number of para-hydroxylation sites is 1. The Morgan fingerprint density at radius 3 is 2.80 bits per heavy atom. The summed E-state index contributed by atoms with van der Waals surface area (Å²) in [6.07, 6.45) is 3.88. The minimum Gasteiger partial charge on any atom is -0.383 e. The zero-order chi connectivity index (χ0) is 10.5. The standard InChI is InChI=1S/C13H19NO/c1-15-11-13-9-5-6-10-14(13)12-7-3-2-4-8-12/h2-4,7-8,13H,5-6,9-11H2,1H3. The molecule has 1 saturated heterocycles. The van der Waals surface area contributed by atoms with E-state index in [1.807, 2.05) is 0 Å². The van der Waals surface area contributed by atoms with Gasteiger partial charge in [-0.25, -0.2) is 0 Å². The van der Waals surface area contributed by atoms with Crippen LogP contribution in [-0.4, -0.2) is 26.3 Å². The number of hydrogen-bond acceptors (Lipinski definition) is 2. The van der Waals surface area contributed by atoms with Crippen molar-refractivity contribution in [2.45, 2.75) is 25.3 Å². The molecule has 0 aromatic heterocycles. The average Bonchev–Trinajstić information content (AvgIpc) is 2.31. The van der Waals surface area contributed by atoms with Crippen LogP contribution in [0.25, 0.3) is 0 Å². The fourth-order valence-corrected chi connectivity index (χ4v) is 2.33. The predicted molar refractivity (Wildman–Crippen MR) is 63.3 cm³/mol. The molecule has 1 aliphatic rings. The Kier molecular flexibility index (Phi) is 3.62. The normalized spacial score (nSPS) is 21.7. The van der Waals surface area contributed by atoms with Gasteiger partial charge in [-0.3, -0.25) is 0 Å². The number of methoxy groups -OCH3 is 1. The number of nitrogens with zero attached hydrogens (tertiary/aromatic N) is 1. The van der Waals surface area contributed by atoms with Gasteiger partial charge >= 0.3 is 0 Å². The summed E-state index contributed by atoms with van der Waals surface area (Å²) in [5.41, 5.74) is 1.33. The third-order valence-corrected chi connectivity index (χ3v) is 3.07. The van der Waals surface area contributed by atoms with E-state index in [-0.39, 0.29) is 0 Å². The monoisotopic (exact) mass is 205 g/mol. The number of ether oxygens (including phenoxy) is 1. The van der Waals surface area contributed by atoms with E-state index in [1.165, 1.54) is 24.9 Å². The molecule has 0 radical (unpaired) electrons. The molecule has 15 heavy (non-hydrogen) atoms. The molecule has 82 valence electrons. The molecule has 1 aliphatic heterocycles. The Hall–Kier alpha value is -1.02. The van der Waals surface area contributed by atoms with E-state index in [4.69, 9.17) is 4.74 Å². The second-order valence-electron chi connectivity index (χ2n) is 4.13. The summed E-state index contributed by atoms with van der Waals surface area (Å²) in [6, 6.07) is 11.2. The zero-order valence-corrected chi connectivity index (χ0v) is 9.36. The molecular formula is C13H19NO. The van der Waals surface area contributed by atoms with E-state index in [2.05, 4.69) is 35.2 Å². The second-order valence-corrected chi connectivity index (χ2v) is 4.13. The number of hydrogen-bond donors (Lipinski definition) is 0. The van der Waals surface area contributed by atoms with Crippen molar-refractivity contribution in [3.05, 3.63) is 30.3 Å². The minimum atomic E-state index is 0.561. The highest BCUT2D eigenvalue weighted by Crippen LogP contribution is 2.24. The fourth-order valence-electron chi connectivity index (χ4n) is 2.33. The minimum absolute atomic E-state index is 0.561. The van der Waals surface area contributed by atoms with Crippen molar-refractivity contribution in [2.75, 3.05) is 25.2 Å². The molecule has 0 bridgehead atoms. The van der Waals surface area contributed by atoms with Gasteiger partial charge in [0.15, 0.2) is 0 Å². The summed E-state index contributed by atoms with van der Waals surface area (Å²) < 4.78 is 5.29. The van der Waals surface area contributed by atoms with Crippen molar-refractivity contribution < 1.29 is 4.74 Å². The van der Waals surface area contributed by atoms with Crippen LogP contribution in [-0.2, 0) is 4.74 Å². The van der Waals surface area contributed by atoms with Crippen molar-refractivity contribution in [1.29, 1.82) is 0 Å². The Morgan fingerprint density at radius 2 is 2.07 bits per heavy atom. The van der Waals surface area contributed by atoms with Crippen LogP contribution in [0.5, 0.6) is 0 Å². The number of piperidine rings is 1. The lowest BCUT2D eigenvalue weighted by Crippen LogP contribution is -2.42. The number of rotatable bonds is 3. The smallest absolute Gasteiger partial charge is 0.0666 e. The predicted octanol–water partition coefficient (Wildman–Crippen LogP) is 2.69. The van der Waals surface area contributed by atoms with Gasteiger partial charge in [0.05, 0.1) is 12.6 Å². The van der Waals surface area contributed by atoms with E-state index < -0.39 is 0 Å². The fraction of sp³-hybridized carbons (Fsp3) is 0.538. The molecule has 1 unspecified atom stereocenters. The van der Waals surface area contributed by atoms with Gasteiger partial charge in [0.25, 0.3) is 0 Å². The van der Waals surface area contributed by atoms with Gasteiger partial charge in [0.2, 0.25) is 0 Å². The summed E-state index contributed by atoms with van der Waals surface area (Å²) in [5, 5.41) is 0. The second kappa shape index (κ2) is 5.17. The third-order valence-electron chi connectivity index (χ3n) is 3.07. The Labute approximate surface area is 91.9 Å². The quantitative estimate of drug-likeness (QED) is 0.752. The van der Waals surface area contributed by atoms with Gasteiger partial charge < -0.3 is 9.64 Å². The first-order chi connectivity index (χ1) is 7.42. The Morgan fingerprint density at radius 1 is 1.27 bits per heavy atom. The van der Waals surface area contributed by atoms with Gasteiger partial charge in [0, 0.05) is 19.3 Å². The van der Waals surface area contributed by atoms with Gasteiger partial charge in [0.1, 0.15) is 0 Å². The maximum atomic E-state index is 5.29. The number of benzene rings is 1. The van der Waals surface area contributed by atoms with Crippen LogP contribution in [0.1, 0.15) is 19.3 Å². The van der Waals surface area contributed by atoms with Crippen molar-refractivity contribution in [2.24, 2.45) is 0 Å². The van der Waals surface area contributed by atoms with Crippen molar-refractivity contribution in [1.82, 2.24) is 0 Å². The lowest BCUT2D eigenvalue weighted by Gasteiger charge is -2.37. The highest BCUT2D eigenvalue weighted by molar-refractivity contribution is 5.47. The summed E-state index contributed by atoms with van der Waals surface area (Å²) >= 11 is 0. The van der Waals surface area contributed by atoms with E-state index in [9.17, 15) is 0 Å². The van der Waals surface area contributed by atoms with Crippen LogP contribution in [0.4, 0.5) is 5.69 Å². The van der Waals surface area contributed by atoms with E-state index >= 15 is 0 Å². The Balaban J connectivity index is 2.11. The van der Waals surface area contributed by atoms with Gasteiger partial charge in [-0.15, -0.1) is 0 Å². The van der Waals surface area contributed by atoms with Gasteiger partial charge in [-0.1, -0.05) is 18.2 Å². The first-order valence-electron chi connectivity index (χ1n) is 5.72. The van der Waals surface area contributed by atoms with Gasteiger partial charge in [-0.05, 0) is 31.4 Å². The van der Waals surface area contributed by atoms with E-state index in [1.54, 1.807) is 7.11 Å². The van der Waals surface area contributed by atoms with Crippen LogP contribution in [0.2, 0.25) is 0 Å². The molecule has 0 spiro atoms. The molecule has 1 heterocycles. The van der Waals surface area contributed by atoms with Crippen LogP contribution < -0.4 is 4.90 Å². The summed E-state index contributed by atoms with van der Waals surface area (Å²) in [7, 11) is 1.79. The van der Waals surface area contributed by atoms with Crippen molar-refractivity contribution >= 4 is 5.69 Å². The third kappa shape index (κ3) is 2.51. The molecule has 1 aromatic carbocycles. The molecule has 2 nitrogen and oxygen atoms in total. The maximum absolute atomic E-state index is 5.29. The zero-order valence-electron chi connectivity index (χ0n) is 9.36. The van der Waals surface area contributed by atoms with Crippen molar-refractivity contribution in [3.63, 3.8) is 0 Å². The van der Waals surface area contributed by atoms with Crippen LogP contribution in [0.3, 0.4) is 0 Å². The summed E-state index contributed by atoms with van der Waals surface area (Å²) in [6.45, 7) is 2.01. The van der Waals surface area contributed by atoms with Gasteiger partial charge in [-0.2, -0.15) is 0 Å².